The molecular weight excluding hydrogens is 589 g/mol. The second kappa shape index (κ2) is 30.8. The first-order valence-corrected chi connectivity index (χ1v) is 22.0. The summed E-state index contributed by atoms with van der Waals surface area (Å²) < 4.78 is 13.1. The largest absolute Gasteiger partial charge is 0.323 e. The molecule has 1 aliphatic heterocycles. The Morgan fingerprint density at radius 1 is 0.511 bits per heavy atom. The van der Waals surface area contributed by atoms with Gasteiger partial charge in [-0.2, -0.15) is 0 Å². The van der Waals surface area contributed by atoms with Crippen LogP contribution in [-0.4, -0.2) is 43.9 Å². The van der Waals surface area contributed by atoms with Crippen LogP contribution in [0, 0.1) is 0 Å². The van der Waals surface area contributed by atoms with Gasteiger partial charge in [-0.1, -0.05) is 140 Å². The van der Waals surface area contributed by atoms with Crippen LogP contribution in [0.1, 0.15) is 168 Å². The summed E-state index contributed by atoms with van der Waals surface area (Å²) in [4.78, 5) is 2.20. The van der Waals surface area contributed by atoms with Crippen LogP contribution in [-0.2, 0) is 20.9 Å². The Morgan fingerprint density at radius 3 is 1.24 bits per heavy atom. The van der Waals surface area contributed by atoms with E-state index in [1.165, 1.54) is 128 Å². The van der Waals surface area contributed by atoms with Gasteiger partial charge in [0.25, 0.3) is 0 Å². The van der Waals surface area contributed by atoms with Crippen LogP contribution in [0.5, 0.6) is 0 Å². The van der Waals surface area contributed by atoms with Crippen LogP contribution >= 0.6 is 6.49 Å². The minimum absolute atomic E-state index is 0.210. The molecule has 0 saturated carbocycles. The molecule has 262 valence electrons. The van der Waals surface area contributed by atoms with Gasteiger partial charge in [-0.25, -0.2) is 0 Å². The SMILES string of the molecule is CCCCC/C=C\C/C=C\CCCCCCCC1OP(=S)(CCN(C)C)OC1CCCCCCC/C=C\C/C=C\CCCCC. The molecule has 0 spiro atoms. The van der Waals surface area contributed by atoms with Gasteiger partial charge in [-0.15, -0.1) is 0 Å². The molecule has 1 aliphatic rings. The number of nitrogens with zero attached hydrogens (tertiary/aromatic N) is 1. The summed E-state index contributed by atoms with van der Waals surface area (Å²) in [5, 5.41) is 0. The molecule has 1 fully saturated rings. The fraction of sp³-hybridized carbons (Fsp3) is 0.800. The first-order chi connectivity index (χ1) is 22.0. The summed E-state index contributed by atoms with van der Waals surface area (Å²) in [5.41, 5.74) is 0. The normalized spacial score (nSPS) is 20.8. The van der Waals surface area contributed by atoms with Crippen molar-refractivity contribution in [3.05, 3.63) is 48.6 Å². The number of hydrogen-bond acceptors (Lipinski definition) is 4. The third kappa shape index (κ3) is 26.2. The number of allylic oxidation sites excluding steroid dienone is 8. The smallest absolute Gasteiger partial charge is 0.190 e. The van der Waals surface area contributed by atoms with Crippen LogP contribution in [0.25, 0.3) is 0 Å². The highest BCUT2D eigenvalue weighted by Gasteiger charge is 2.39. The van der Waals surface area contributed by atoms with Crippen molar-refractivity contribution in [3.8, 4) is 0 Å². The van der Waals surface area contributed by atoms with Gasteiger partial charge in [0.05, 0.1) is 12.2 Å². The molecule has 2 unspecified atom stereocenters. The van der Waals surface area contributed by atoms with Crippen molar-refractivity contribution in [2.24, 2.45) is 0 Å². The van der Waals surface area contributed by atoms with Crippen molar-refractivity contribution in [2.75, 3.05) is 26.8 Å². The molecule has 0 aromatic carbocycles. The fourth-order valence-electron chi connectivity index (χ4n) is 5.79. The maximum absolute atomic E-state index is 6.56. The van der Waals surface area contributed by atoms with Gasteiger partial charge in [0.2, 0.25) is 0 Å². The highest BCUT2D eigenvalue weighted by Crippen LogP contribution is 2.58. The Bertz CT molecular complexity index is 763. The predicted molar refractivity (Wildman–Crippen MR) is 206 cm³/mol. The Morgan fingerprint density at radius 2 is 0.867 bits per heavy atom. The third-order valence-electron chi connectivity index (χ3n) is 8.71. The maximum Gasteiger partial charge on any atom is 0.190 e. The van der Waals surface area contributed by atoms with E-state index in [0.717, 1.165) is 38.4 Å². The molecule has 0 bridgehead atoms. The molecule has 3 nitrogen and oxygen atoms in total. The van der Waals surface area contributed by atoms with Crippen molar-refractivity contribution in [1.82, 2.24) is 4.90 Å². The zero-order valence-electron chi connectivity index (χ0n) is 30.3. The lowest BCUT2D eigenvalue weighted by Crippen LogP contribution is -2.22. The average Bonchev–Trinajstić information content (AvgIpc) is 3.35. The lowest BCUT2D eigenvalue weighted by atomic mass is 9.99. The van der Waals surface area contributed by atoms with E-state index in [1.54, 1.807) is 0 Å². The average molecular weight is 664 g/mol. The van der Waals surface area contributed by atoms with Crippen molar-refractivity contribution < 1.29 is 9.05 Å². The monoisotopic (exact) mass is 664 g/mol. The lowest BCUT2D eigenvalue weighted by Gasteiger charge is -2.17. The third-order valence-corrected chi connectivity index (χ3v) is 11.7. The predicted octanol–water partition coefficient (Wildman–Crippen LogP) is 13.3. The zero-order valence-corrected chi connectivity index (χ0v) is 32.0. The van der Waals surface area contributed by atoms with Gasteiger partial charge in [0.1, 0.15) is 0 Å². The highest BCUT2D eigenvalue weighted by molar-refractivity contribution is 8.10. The summed E-state index contributed by atoms with van der Waals surface area (Å²) in [7, 11) is 4.22. The lowest BCUT2D eigenvalue weighted by molar-refractivity contribution is 0.133. The fourth-order valence-corrected chi connectivity index (χ4v) is 8.91. The number of hydrogen-bond donors (Lipinski definition) is 0. The van der Waals surface area contributed by atoms with Crippen LogP contribution < -0.4 is 0 Å². The van der Waals surface area contributed by atoms with E-state index in [1.807, 2.05) is 0 Å². The molecule has 5 heteroatoms. The quantitative estimate of drug-likeness (QED) is 0.0418. The summed E-state index contributed by atoms with van der Waals surface area (Å²) >= 11 is 5.98. The summed E-state index contributed by atoms with van der Waals surface area (Å²) in [6, 6.07) is 0. The first kappa shape index (κ1) is 42.5. The number of rotatable bonds is 31. The highest BCUT2D eigenvalue weighted by atomic mass is 32.5. The molecule has 2 atom stereocenters. The molecule has 0 radical (unpaired) electrons. The Hall–Kier alpha value is -0.510. The van der Waals surface area contributed by atoms with Gasteiger partial charge in [0, 0.05) is 12.7 Å². The molecular formula is C40H74NO2PS. The summed E-state index contributed by atoms with van der Waals surface area (Å²) in [6.07, 6.45) is 50.3. The molecule has 45 heavy (non-hydrogen) atoms. The Kier molecular flexibility index (Phi) is 29.1. The van der Waals surface area contributed by atoms with E-state index in [9.17, 15) is 0 Å². The van der Waals surface area contributed by atoms with Gasteiger partial charge in [-0.3, -0.25) is 0 Å². The number of unbranched alkanes of at least 4 members (excludes halogenated alkanes) is 16. The van der Waals surface area contributed by atoms with E-state index >= 15 is 0 Å². The van der Waals surface area contributed by atoms with Crippen LogP contribution in [0.15, 0.2) is 48.6 Å². The van der Waals surface area contributed by atoms with E-state index in [-0.39, 0.29) is 12.2 Å². The van der Waals surface area contributed by atoms with Gasteiger partial charge in [0.15, 0.2) is 6.49 Å². The Balaban J connectivity index is 2.20. The molecule has 0 aromatic rings. The molecule has 1 heterocycles. The van der Waals surface area contributed by atoms with E-state index < -0.39 is 6.49 Å². The molecule has 1 saturated heterocycles. The van der Waals surface area contributed by atoms with Gasteiger partial charge < -0.3 is 13.9 Å². The molecule has 0 aromatic heterocycles. The van der Waals surface area contributed by atoms with E-state index in [2.05, 4.69) is 81.5 Å². The van der Waals surface area contributed by atoms with Gasteiger partial charge in [-0.05, 0) is 103 Å². The second-order valence-electron chi connectivity index (χ2n) is 13.5. The van der Waals surface area contributed by atoms with Gasteiger partial charge >= 0.3 is 0 Å². The van der Waals surface area contributed by atoms with Crippen LogP contribution in [0.2, 0.25) is 0 Å². The van der Waals surface area contributed by atoms with E-state index in [0.29, 0.717) is 0 Å². The Labute approximate surface area is 286 Å². The van der Waals surface area contributed by atoms with E-state index in [4.69, 9.17) is 20.9 Å². The van der Waals surface area contributed by atoms with Crippen molar-refractivity contribution >= 4 is 18.3 Å². The summed E-state index contributed by atoms with van der Waals surface area (Å²) in [6.45, 7) is 3.33. The molecule has 0 aliphatic carbocycles. The van der Waals surface area contributed by atoms with Crippen molar-refractivity contribution in [1.29, 1.82) is 0 Å². The molecule has 0 N–H and O–H groups in total. The maximum atomic E-state index is 6.56. The van der Waals surface area contributed by atoms with Crippen LogP contribution in [0.4, 0.5) is 0 Å². The zero-order chi connectivity index (χ0) is 32.7. The standard InChI is InChI=1S/C40H74NO2PS/c1-5-7-9-11-13-15-17-19-21-23-25-27-29-31-33-35-39-40(43-44(45,42-39)38-37-41(3)4)36-34-32-30-28-26-24-22-20-18-16-14-12-10-8-6-2/h13-16,19-22,39-40H,5-12,17-18,23-38H2,1-4H3/b15-13-,16-14-,21-19-,22-20-. The second-order valence-corrected chi connectivity index (χ2v) is 17.2. The summed E-state index contributed by atoms with van der Waals surface area (Å²) in [5.74, 6) is 0. The topological polar surface area (TPSA) is 21.7 Å². The minimum atomic E-state index is -2.15. The first-order valence-electron chi connectivity index (χ1n) is 19.2. The molecule has 0 amide bonds. The van der Waals surface area contributed by atoms with Crippen molar-refractivity contribution in [2.45, 2.75) is 180 Å². The minimum Gasteiger partial charge on any atom is -0.323 e. The molecule has 1 rings (SSSR count). The van der Waals surface area contributed by atoms with Crippen molar-refractivity contribution in [3.63, 3.8) is 0 Å². The van der Waals surface area contributed by atoms with Crippen LogP contribution in [0.3, 0.4) is 0 Å².